The summed E-state index contributed by atoms with van der Waals surface area (Å²) in [6.45, 7) is 2.25. The van der Waals surface area contributed by atoms with Gasteiger partial charge < -0.3 is 4.90 Å². The Bertz CT molecular complexity index is 348. The molecule has 1 amide bonds. The Kier molecular flexibility index (Phi) is 6.25. The zero-order valence-electron chi connectivity index (χ0n) is 13.8. The molecule has 0 N–H and O–H groups in total. The van der Waals surface area contributed by atoms with Crippen LogP contribution in [0.2, 0.25) is 0 Å². The van der Waals surface area contributed by atoms with E-state index in [9.17, 15) is 9.59 Å². The van der Waals surface area contributed by atoms with E-state index >= 15 is 0 Å². The van der Waals surface area contributed by atoms with Gasteiger partial charge in [0.25, 0.3) is 0 Å². The van der Waals surface area contributed by atoms with Crippen molar-refractivity contribution >= 4 is 11.7 Å². The summed E-state index contributed by atoms with van der Waals surface area (Å²) in [7, 11) is 1.95. The predicted molar refractivity (Wildman–Crippen MR) is 85.0 cm³/mol. The Hall–Kier alpha value is -0.860. The number of hydrogen-bond donors (Lipinski definition) is 0. The molecule has 3 nitrogen and oxygen atoms in total. The molecule has 120 valence electrons. The Morgan fingerprint density at radius 3 is 2.29 bits per heavy atom. The lowest BCUT2D eigenvalue weighted by atomic mass is 9.79. The predicted octanol–water partition coefficient (Wildman–Crippen LogP) is 3.95. The highest BCUT2D eigenvalue weighted by atomic mass is 16.2. The number of rotatable bonds is 5. The number of nitrogens with zero attached hydrogens (tertiary/aromatic N) is 1. The molecule has 3 heteroatoms. The third-order valence-corrected chi connectivity index (χ3v) is 5.57. The monoisotopic (exact) mass is 293 g/mol. The van der Waals surface area contributed by atoms with E-state index in [4.69, 9.17) is 0 Å². The van der Waals surface area contributed by atoms with Crippen molar-refractivity contribution in [3.8, 4) is 0 Å². The van der Waals surface area contributed by atoms with Crippen LogP contribution in [-0.4, -0.2) is 29.7 Å². The fraction of sp³-hybridized carbons (Fsp3) is 0.889. The van der Waals surface area contributed by atoms with Gasteiger partial charge in [-0.15, -0.1) is 0 Å². The molecule has 2 saturated carbocycles. The maximum atomic E-state index is 12.6. The largest absolute Gasteiger partial charge is 0.343 e. The first kappa shape index (κ1) is 16.5. The average Bonchev–Trinajstić information content (AvgIpc) is 2.53. The summed E-state index contributed by atoms with van der Waals surface area (Å²) in [6, 6.07) is 0.299. The van der Waals surface area contributed by atoms with Gasteiger partial charge in [-0.3, -0.25) is 9.59 Å². The number of carbonyl (C=O) groups is 2. The molecule has 21 heavy (non-hydrogen) atoms. The molecule has 2 aliphatic carbocycles. The van der Waals surface area contributed by atoms with Gasteiger partial charge in [-0.05, 0) is 44.4 Å². The minimum atomic E-state index is 0.241. The van der Waals surface area contributed by atoms with Crippen molar-refractivity contribution < 1.29 is 9.59 Å². The highest BCUT2D eigenvalue weighted by molar-refractivity contribution is 5.81. The molecule has 2 aliphatic rings. The second kappa shape index (κ2) is 7.95. The van der Waals surface area contributed by atoms with Crippen molar-refractivity contribution in [1.82, 2.24) is 4.90 Å². The number of unbranched alkanes of at least 4 members (excludes halogenated alkanes) is 1. The second-order valence-electron chi connectivity index (χ2n) is 7.08. The van der Waals surface area contributed by atoms with Gasteiger partial charge in [0.1, 0.15) is 5.78 Å². The van der Waals surface area contributed by atoms with Crippen LogP contribution in [0.3, 0.4) is 0 Å². The van der Waals surface area contributed by atoms with E-state index < -0.39 is 0 Å². The van der Waals surface area contributed by atoms with Crippen LogP contribution in [-0.2, 0) is 9.59 Å². The number of ketones is 1. The van der Waals surface area contributed by atoms with Gasteiger partial charge in [0, 0.05) is 31.8 Å². The summed E-state index contributed by atoms with van der Waals surface area (Å²) < 4.78 is 0. The van der Waals surface area contributed by atoms with Crippen LogP contribution in [0.5, 0.6) is 0 Å². The van der Waals surface area contributed by atoms with Gasteiger partial charge in [0.05, 0.1) is 0 Å². The van der Waals surface area contributed by atoms with Crippen LogP contribution in [0.25, 0.3) is 0 Å². The van der Waals surface area contributed by atoms with Gasteiger partial charge in [0.2, 0.25) is 5.91 Å². The van der Waals surface area contributed by atoms with E-state index in [1.807, 2.05) is 11.9 Å². The van der Waals surface area contributed by atoms with E-state index in [0.29, 0.717) is 30.6 Å². The molecule has 0 aromatic heterocycles. The van der Waals surface area contributed by atoms with E-state index in [1.54, 1.807) is 0 Å². The molecule has 0 bridgehead atoms. The molecule has 0 atom stereocenters. The summed E-state index contributed by atoms with van der Waals surface area (Å²) in [5.41, 5.74) is 0. The van der Waals surface area contributed by atoms with Crippen LogP contribution < -0.4 is 0 Å². The van der Waals surface area contributed by atoms with Gasteiger partial charge in [-0.25, -0.2) is 0 Å². The lowest BCUT2D eigenvalue weighted by Crippen LogP contribution is -2.43. The van der Waals surface area contributed by atoms with Crippen molar-refractivity contribution in [1.29, 1.82) is 0 Å². The zero-order valence-corrected chi connectivity index (χ0v) is 13.8. The Labute approximate surface area is 129 Å². The smallest absolute Gasteiger partial charge is 0.225 e. The van der Waals surface area contributed by atoms with Gasteiger partial charge >= 0.3 is 0 Å². The lowest BCUT2D eigenvalue weighted by Gasteiger charge is -2.35. The molecule has 2 rings (SSSR count). The minimum absolute atomic E-state index is 0.241. The molecule has 0 saturated heterocycles. The molecule has 2 fully saturated rings. The number of hydrogen-bond acceptors (Lipinski definition) is 2. The number of carbonyl (C=O) groups excluding carboxylic acids is 2. The third-order valence-electron chi connectivity index (χ3n) is 5.57. The van der Waals surface area contributed by atoms with E-state index in [1.165, 1.54) is 32.1 Å². The topological polar surface area (TPSA) is 37.4 Å². The SMILES string of the molecule is CCCCC1CCC(C(=O)N(C)C2CCC(=O)CC2)CC1. The fourth-order valence-electron chi connectivity index (χ4n) is 3.97. The Balaban J connectivity index is 1.77. The standard InChI is InChI=1S/C18H31NO2/c1-3-4-5-14-6-8-15(9-7-14)18(21)19(2)16-10-12-17(20)13-11-16/h14-16H,3-13H2,1-2H3. The average molecular weight is 293 g/mol. The molecule has 0 heterocycles. The normalized spacial score (nSPS) is 27.6. The molecule has 0 spiro atoms. The molecular weight excluding hydrogens is 262 g/mol. The Morgan fingerprint density at radius 2 is 1.71 bits per heavy atom. The van der Waals surface area contributed by atoms with Crippen LogP contribution in [0.4, 0.5) is 0 Å². The maximum Gasteiger partial charge on any atom is 0.225 e. The highest BCUT2D eigenvalue weighted by Crippen LogP contribution is 2.33. The van der Waals surface area contributed by atoms with E-state index in [2.05, 4.69) is 6.92 Å². The first-order chi connectivity index (χ1) is 10.1. The van der Waals surface area contributed by atoms with Crippen molar-refractivity contribution in [3.63, 3.8) is 0 Å². The lowest BCUT2D eigenvalue weighted by molar-refractivity contribution is -0.139. The molecule has 0 radical (unpaired) electrons. The molecule has 0 unspecified atom stereocenters. The summed E-state index contributed by atoms with van der Waals surface area (Å²) >= 11 is 0. The molecule has 0 aromatic rings. The molecule has 0 aromatic carbocycles. The van der Waals surface area contributed by atoms with Crippen LogP contribution >= 0.6 is 0 Å². The zero-order chi connectivity index (χ0) is 15.2. The van der Waals surface area contributed by atoms with Gasteiger partial charge in [0.15, 0.2) is 0 Å². The number of amides is 1. The summed E-state index contributed by atoms with van der Waals surface area (Å²) in [4.78, 5) is 25.9. The van der Waals surface area contributed by atoms with Gasteiger partial charge in [-0.1, -0.05) is 26.2 Å². The molecular formula is C18H31NO2. The summed E-state index contributed by atoms with van der Waals surface area (Å²) in [6.07, 6.45) is 11.6. The first-order valence-electron chi connectivity index (χ1n) is 8.90. The van der Waals surface area contributed by atoms with Crippen molar-refractivity contribution in [2.75, 3.05) is 7.05 Å². The highest BCUT2D eigenvalue weighted by Gasteiger charge is 2.32. The summed E-state index contributed by atoms with van der Waals surface area (Å²) in [5, 5.41) is 0. The van der Waals surface area contributed by atoms with Crippen molar-refractivity contribution in [3.05, 3.63) is 0 Å². The van der Waals surface area contributed by atoms with Crippen LogP contribution in [0, 0.1) is 11.8 Å². The van der Waals surface area contributed by atoms with Gasteiger partial charge in [-0.2, -0.15) is 0 Å². The first-order valence-corrected chi connectivity index (χ1v) is 8.90. The maximum absolute atomic E-state index is 12.6. The summed E-state index contributed by atoms with van der Waals surface area (Å²) in [5.74, 6) is 1.80. The second-order valence-corrected chi connectivity index (χ2v) is 7.08. The fourth-order valence-corrected chi connectivity index (χ4v) is 3.97. The minimum Gasteiger partial charge on any atom is -0.343 e. The van der Waals surface area contributed by atoms with Crippen LogP contribution in [0.15, 0.2) is 0 Å². The quantitative estimate of drug-likeness (QED) is 0.769. The third kappa shape index (κ3) is 4.55. The number of Topliss-reactive ketones (excluding diaryl/α,β-unsaturated/α-hetero) is 1. The van der Waals surface area contributed by atoms with Crippen LogP contribution in [0.1, 0.15) is 77.6 Å². The Morgan fingerprint density at radius 1 is 1.10 bits per heavy atom. The van der Waals surface area contributed by atoms with Crippen molar-refractivity contribution in [2.45, 2.75) is 83.6 Å². The van der Waals surface area contributed by atoms with E-state index in [-0.39, 0.29) is 5.92 Å². The molecule has 0 aliphatic heterocycles. The van der Waals surface area contributed by atoms with E-state index in [0.717, 1.165) is 31.6 Å². The van der Waals surface area contributed by atoms with Crippen molar-refractivity contribution in [2.24, 2.45) is 11.8 Å².